The number of aromatic hydroxyl groups is 1. The van der Waals surface area contributed by atoms with Crippen LogP contribution >= 0.6 is 0 Å². The van der Waals surface area contributed by atoms with Gasteiger partial charge in [-0.25, -0.2) is 4.79 Å². The van der Waals surface area contributed by atoms with Gasteiger partial charge in [0.25, 0.3) is 0 Å². The molecule has 106 valence electrons. The van der Waals surface area contributed by atoms with Crippen LogP contribution in [0, 0.1) is 0 Å². The minimum Gasteiger partial charge on any atom is -0.508 e. The lowest BCUT2D eigenvalue weighted by Gasteiger charge is -2.19. The van der Waals surface area contributed by atoms with Gasteiger partial charge in [0.15, 0.2) is 0 Å². The Hall–Kier alpha value is -2.57. The molecule has 0 fully saturated rings. The lowest BCUT2D eigenvalue weighted by atomic mass is 9.91. The molecule has 1 atom stereocenters. The molecule has 0 radical (unpaired) electrons. The van der Waals surface area contributed by atoms with E-state index in [9.17, 15) is 19.8 Å². The number of aliphatic carboxylic acids is 1. The van der Waals surface area contributed by atoms with Gasteiger partial charge in [0.2, 0.25) is 5.60 Å². The predicted octanol–water partition coefficient (Wildman–Crippen LogP) is 0.903. The van der Waals surface area contributed by atoms with Crippen molar-refractivity contribution in [3.8, 4) is 5.75 Å². The van der Waals surface area contributed by atoms with E-state index >= 15 is 0 Å². The number of oxime groups is 1. The van der Waals surface area contributed by atoms with Crippen LogP contribution in [-0.2, 0) is 19.2 Å². The summed E-state index contributed by atoms with van der Waals surface area (Å²) in [5.41, 5.74) is -0.715. The molecule has 20 heavy (non-hydrogen) atoms. The molecule has 2 N–H and O–H groups in total. The second-order valence-electron chi connectivity index (χ2n) is 4.41. The molecular weight excluding hydrogens is 266 g/mol. The van der Waals surface area contributed by atoms with Gasteiger partial charge in [0.1, 0.15) is 5.75 Å². The van der Waals surface area contributed by atoms with Crippen molar-refractivity contribution in [2.24, 2.45) is 5.16 Å². The number of carbonyl (C=O) groups is 2. The summed E-state index contributed by atoms with van der Waals surface area (Å²) in [5, 5.41) is 22.2. The summed E-state index contributed by atoms with van der Waals surface area (Å²) in [4.78, 5) is 27.7. The van der Waals surface area contributed by atoms with Crippen molar-refractivity contribution in [3.05, 3.63) is 29.8 Å². The second kappa shape index (κ2) is 5.20. The van der Waals surface area contributed by atoms with Crippen molar-refractivity contribution in [3.63, 3.8) is 0 Å². The monoisotopic (exact) mass is 279 g/mol. The highest BCUT2D eigenvalue weighted by atomic mass is 16.7. The van der Waals surface area contributed by atoms with Crippen molar-refractivity contribution < 1.29 is 29.4 Å². The normalized spacial score (nSPS) is 20.9. The first-order valence-corrected chi connectivity index (χ1v) is 5.81. The maximum absolute atomic E-state index is 11.4. The topological polar surface area (TPSA) is 105 Å². The molecule has 0 aliphatic carbocycles. The van der Waals surface area contributed by atoms with E-state index in [-0.39, 0.29) is 12.2 Å². The molecule has 0 bridgehead atoms. The SMILES string of the molecule is COC(=O)CC1(C(=O)O)CC(c2ccc(O)cc2)=NO1. The average Bonchev–Trinajstić information content (AvgIpc) is 2.85. The Labute approximate surface area is 114 Å². The number of phenolic OH excluding ortho intramolecular Hbond substituents is 1. The van der Waals surface area contributed by atoms with Crippen molar-refractivity contribution in [1.82, 2.24) is 0 Å². The van der Waals surface area contributed by atoms with Crippen LogP contribution < -0.4 is 0 Å². The Morgan fingerprint density at radius 2 is 2.05 bits per heavy atom. The fourth-order valence-electron chi connectivity index (χ4n) is 1.88. The number of esters is 1. The highest BCUT2D eigenvalue weighted by molar-refractivity contribution is 6.05. The zero-order valence-corrected chi connectivity index (χ0v) is 10.7. The summed E-state index contributed by atoms with van der Waals surface area (Å²) in [6.45, 7) is 0. The quantitative estimate of drug-likeness (QED) is 0.793. The number of benzene rings is 1. The van der Waals surface area contributed by atoms with Crippen LogP contribution in [0.2, 0.25) is 0 Å². The summed E-state index contributed by atoms with van der Waals surface area (Å²) >= 11 is 0. The molecule has 1 unspecified atom stereocenters. The van der Waals surface area contributed by atoms with Crippen LogP contribution in [0.15, 0.2) is 29.4 Å². The summed E-state index contributed by atoms with van der Waals surface area (Å²) in [6.07, 6.45) is -0.480. The van der Waals surface area contributed by atoms with E-state index in [1.165, 1.54) is 19.2 Å². The van der Waals surface area contributed by atoms with E-state index < -0.39 is 24.0 Å². The molecular formula is C13H13NO6. The number of hydrogen-bond donors (Lipinski definition) is 2. The maximum atomic E-state index is 11.4. The minimum atomic E-state index is -1.74. The van der Waals surface area contributed by atoms with Gasteiger partial charge in [-0.05, 0) is 29.8 Å². The third-order valence-corrected chi connectivity index (χ3v) is 3.03. The Bertz CT molecular complexity index is 565. The Morgan fingerprint density at radius 3 is 2.60 bits per heavy atom. The summed E-state index contributed by atoms with van der Waals surface area (Å²) in [6, 6.07) is 6.10. The third kappa shape index (κ3) is 2.56. The van der Waals surface area contributed by atoms with Crippen LogP contribution in [0.25, 0.3) is 0 Å². The Morgan fingerprint density at radius 1 is 1.40 bits per heavy atom. The summed E-state index contributed by atoms with van der Waals surface area (Å²) in [5.74, 6) is -1.87. The molecule has 0 saturated carbocycles. The van der Waals surface area contributed by atoms with E-state index in [4.69, 9.17) is 4.84 Å². The third-order valence-electron chi connectivity index (χ3n) is 3.03. The number of hydrogen-bond acceptors (Lipinski definition) is 6. The minimum absolute atomic E-state index is 0.0534. The van der Waals surface area contributed by atoms with Gasteiger partial charge >= 0.3 is 11.9 Å². The number of ether oxygens (including phenoxy) is 1. The van der Waals surface area contributed by atoms with E-state index in [1.54, 1.807) is 12.1 Å². The molecule has 0 saturated heterocycles. The molecule has 2 rings (SSSR count). The smallest absolute Gasteiger partial charge is 0.351 e. The van der Waals surface area contributed by atoms with E-state index in [1.807, 2.05) is 0 Å². The second-order valence-corrected chi connectivity index (χ2v) is 4.41. The average molecular weight is 279 g/mol. The molecule has 1 aliphatic rings. The molecule has 0 spiro atoms. The highest BCUT2D eigenvalue weighted by Gasteiger charge is 2.49. The van der Waals surface area contributed by atoms with Crippen LogP contribution in [-0.4, -0.2) is 40.6 Å². The maximum Gasteiger partial charge on any atom is 0.351 e. The van der Waals surface area contributed by atoms with Gasteiger partial charge in [-0.1, -0.05) is 5.16 Å². The number of carboxylic acids is 1. The standard InChI is InChI=1S/C13H13NO6/c1-19-11(16)7-13(12(17)18)6-10(14-20-13)8-2-4-9(15)5-3-8/h2-5,15H,6-7H2,1H3,(H,17,18). The number of carboxylic acid groups (broad SMARTS) is 1. The van der Waals surface area contributed by atoms with Crippen LogP contribution in [0.1, 0.15) is 18.4 Å². The van der Waals surface area contributed by atoms with E-state index in [0.29, 0.717) is 11.3 Å². The summed E-state index contributed by atoms with van der Waals surface area (Å²) in [7, 11) is 1.18. The van der Waals surface area contributed by atoms with Gasteiger partial charge in [-0.15, -0.1) is 0 Å². The van der Waals surface area contributed by atoms with Gasteiger partial charge in [0, 0.05) is 6.42 Å². The fraction of sp³-hybridized carbons (Fsp3) is 0.308. The van der Waals surface area contributed by atoms with E-state index in [2.05, 4.69) is 9.89 Å². The number of methoxy groups -OCH3 is 1. The first-order chi connectivity index (χ1) is 9.47. The zero-order valence-electron chi connectivity index (χ0n) is 10.7. The largest absolute Gasteiger partial charge is 0.508 e. The predicted molar refractivity (Wildman–Crippen MR) is 67.3 cm³/mol. The van der Waals surface area contributed by atoms with Crippen molar-refractivity contribution in [2.45, 2.75) is 18.4 Å². The van der Waals surface area contributed by atoms with Crippen LogP contribution in [0.3, 0.4) is 0 Å². The molecule has 1 aliphatic heterocycles. The lowest BCUT2D eigenvalue weighted by Crippen LogP contribution is -2.41. The Balaban J connectivity index is 2.20. The molecule has 7 nitrogen and oxygen atoms in total. The zero-order chi connectivity index (χ0) is 14.8. The van der Waals surface area contributed by atoms with Gasteiger partial charge in [-0.3, -0.25) is 4.79 Å². The first kappa shape index (κ1) is 13.9. The molecule has 0 amide bonds. The molecule has 1 heterocycles. The van der Waals surface area contributed by atoms with Crippen LogP contribution in [0.5, 0.6) is 5.75 Å². The molecule has 1 aromatic rings. The van der Waals surface area contributed by atoms with Gasteiger partial charge in [0.05, 0.1) is 19.2 Å². The fourth-order valence-corrected chi connectivity index (χ4v) is 1.88. The number of nitrogens with zero attached hydrogens (tertiary/aromatic N) is 1. The molecule has 0 aromatic heterocycles. The highest BCUT2D eigenvalue weighted by Crippen LogP contribution is 2.31. The van der Waals surface area contributed by atoms with Gasteiger partial charge < -0.3 is 19.8 Å². The van der Waals surface area contributed by atoms with Crippen molar-refractivity contribution in [2.75, 3.05) is 7.11 Å². The lowest BCUT2D eigenvalue weighted by molar-refractivity contribution is -0.170. The number of phenols is 1. The van der Waals surface area contributed by atoms with E-state index in [0.717, 1.165) is 0 Å². The number of carbonyl (C=O) groups excluding carboxylic acids is 1. The van der Waals surface area contributed by atoms with Crippen molar-refractivity contribution in [1.29, 1.82) is 0 Å². The summed E-state index contributed by atoms with van der Waals surface area (Å²) < 4.78 is 4.48. The number of rotatable bonds is 4. The van der Waals surface area contributed by atoms with Gasteiger partial charge in [-0.2, -0.15) is 0 Å². The first-order valence-electron chi connectivity index (χ1n) is 5.81. The van der Waals surface area contributed by atoms with Crippen molar-refractivity contribution >= 4 is 17.7 Å². The molecule has 7 heteroatoms. The Kier molecular flexibility index (Phi) is 3.60. The van der Waals surface area contributed by atoms with Crippen LogP contribution in [0.4, 0.5) is 0 Å². The molecule has 1 aromatic carbocycles.